The molecule has 0 aliphatic rings. The summed E-state index contributed by atoms with van der Waals surface area (Å²) in [6, 6.07) is 19.2. The summed E-state index contributed by atoms with van der Waals surface area (Å²) in [5.41, 5.74) is 2.72. The quantitative estimate of drug-likeness (QED) is 0.235. The van der Waals surface area contributed by atoms with Crippen molar-refractivity contribution in [3.05, 3.63) is 83.4 Å². The van der Waals surface area contributed by atoms with E-state index in [1.165, 1.54) is 6.92 Å². The van der Waals surface area contributed by atoms with Crippen LogP contribution in [0, 0.1) is 0 Å². The Labute approximate surface area is 233 Å². The van der Waals surface area contributed by atoms with Crippen molar-refractivity contribution in [2.75, 3.05) is 11.9 Å². The van der Waals surface area contributed by atoms with Crippen LogP contribution in [-0.2, 0) is 22.7 Å². The lowest BCUT2D eigenvalue weighted by Crippen LogP contribution is -2.32. The van der Waals surface area contributed by atoms with Crippen LogP contribution in [0.15, 0.2) is 66.7 Å². The number of benzene rings is 3. The Morgan fingerprint density at radius 1 is 0.850 bits per heavy atom. The number of ether oxygens (including phenoxy) is 3. The predicted molar refractivity (Wildman–Crippen MR) is 151 cm³/mol. The van der Waals surface area contributed by atoms with Gasteiger partial charge in [-0.1, -0.05) is 30.3 Å². The lowest BCUT2D eigenvalue weighted by Gasteiger charge is -2.22. The normalized spacial score (nSPS) is 11.3. The maximum absolute atomic E-state index is 13.5. The summed E-state index contributed by atoms with van der Waals surface area (Å²) in [5.74, 6) is 0.904. The van der Waals surface area contributed by atoms with E-state index in [9.17, 15) is 14.4 Å². The zero-order chi connectivity index (χ0) is 29.1. The van der Waals surface area contributed by atoms with E-state index in [0.29, 0.717) is 35.1 Å². The molecule has 10 heteroatoms. The van der Waals surface area contributed by atoms with Gasteiger partial charge in [-0.05, 0) is 68.3 Å². The summed E-state index contributed by atoms with van der Waals surface area (Å²) in [7, 11) is 0. The first kappa shape index (κ1) is 29.8. The lowest BCUT2D eigenvalue weighted by molar-refractivity contribution is -0.128. The molecule has 0 spiro atoms. The van der Waals surface area contributed by atoms with Gasteiger partial charge in [-0.2, -0.15) is 0 Å². The minimum atomic E-state index is -1.12. The minimum Gasteiger partial charge on any atom is -0.490 e. The number of rotatable bonds is 13. The molecule has 0 bridgehead atoms. The van der Waals surface area contributed by atoms with E-state index in [4.69, 9.17) is 19.3 Å². The van der Waals surface area contributed by atoms with Gasteiger partial charge in [0.05, 0.1) is 12.7 Å². The maximum Gasteiger partial charge on any atom is 0.404 e. The number of hydrogen-bond acceptors (Lipinski definition) is 6. The molecule has 3 aromatic rings. The molecule has 1 unspecified atom stereocenters. The molecule has 0 saturated carbocycles. The summed E-state index contributed by atoms with van der Waals surface area (Å²) in [6.07, 6.45) is -2.22. The zero-order valence-corrected chi connectivity index (χ0v) is 23.0. The van der Waals surface area contributed by atoms with E-state index in [2.05, 4.69) is 16.0 Å². The van der Waals surface area contributed by atoms with Crippen LogP contribution in [0.2, 0.25) is 0 Å². The number of nitrogens with one attached hydrogen (secondary N) is 3. The Hall–Kier alpha value is -4.73. The second-order valence-corrected chi connectivity index (χ2v) is 9.21. The van der Waals surface area contributed by atoms with E-state index in [1.807, 2.05) is 26.8 Å². The molecule has 0 aromatic heterocycles. The van der Waals surface area contributed by atoms with E-state index < -0.39 is 12.2 Å². The molecular weight excluding hydrogens is 514 g/mol. The highest BCUT2D eigenvalue weighted by Gasteiger charge is 2.25. The van der Waals surface area contributed by atoms with Crippen molar-refractivity contribution >= 4 is 23.6 Å². The van der Waals surface area contributed by atoms with Gasteiger partial charge >= 0.3 is 6.09 Å². The van der Waals surface area contributed by atoms with Crippen molar-refractivity contribution in [1.82, 2.24) is 10.6 Å². The zero-order valence-electron chi connectivity index (χ0n) is 23.0. The molecule has 10 nitrogen and oxygen atoms in total. The van der Waals surface area contributed by atoms with Gasteiger partial charge in [0.15, 0.2) is 11.5 Å². The average molecular weight is 550 g/mol. The van der Waals surface area contributed by atoms with Crippen LogP contribution in [0.25, 0.3) is 0 Å². The van der Waals surface area contributed by atoms with E-state index >= 15 is 0 Å². The topological polar surface area (TPSA) is 135 Å². The van der Waals surface area contributed by atoms with Crippen LogP contribution in [0.4, 0.5) is 10.5 Å². The second kappa shape index (κ2) is 14.4. The van der Waals surface area contributed by atoms with Crippen LogP contribution in [0.1, 0.15) is 50.5 Å². The smallest absolute Gasteiger partial charge is 0.404 e. The first-order valence-corrected chi connectivity index (χ1v) is 12.9. The van der Waals surface area contributed by atoms with Crippen molar-refractivity contribution < 1.29 is 33.7 Å². The number of amides is 3. The average Bonchev–Trinajstić information content (AvgIpc) is 2.90. The Bertz CT molecular complexity index is 1310. The highest BCUT2D eigenvalue weighted by atomic mass is 16.5. The van der Waals surface area contributed by atoms with Crippen LogP contribution in [0.5, 0.6) is 17.2 Å². The maximum atomic E-state index is 13.5. The highest BCUT2D eigenvalue weighted by Crippen LogP contribution is 2.33. The Morgan fingerprint density at radius 3 is 2.23 bits per heavy atom. The van der Waals surface area contributed by atoms with Gasteiger partial charge in [0.25, 0.3) is 5.91 Å². The molecule has 0 aliphatic heterocycles. The summed E-state index contributed by atoms with van der Waals surface area (Å²) in [6.45, 7) is 7.89. The van der Waals surface area contributed by atoms with Crippen LogP contribution in [-0.4, -0.2) is 35.7 Å². The van der Waals surface area contributed by atoms with Gasteiger partial charge in [0.2, 0.25) is 12.0 Å². The molecule has 1 atom stereocenters. The Kier molecular flexibility index (Phi) is 10.8. The van der Waals surface area contributed by atoms with Gasteiger partial charge in [-0.15, -0.1) is 0 Å². The van der Waals surface area contributed by atoms with Crippen molar-refractivity contribution in [2.45, 2.75) is 53.0 Å². The van der Waals surface area contributed by atoms with Crippen LogP contribution >= 0.6 is 0 Å². The summed E-state index contributed by atoms with van der Waals surface area (Å²) < 4.78 is 17.8. The molecule has 40 heavy (non-hydrogen) atoms. The van der Waals surface area contributed by atoms with E-state index in [1.54, 1.807) is 60.7 Å². The molecule has 0 heterocycles. The molecule has 0 radical (unpaired) electrons. The number of carboxylic acid groups (broad SMARTS) is 1. The van der Waals surface area contributed by atoms with Gasteiger partial charge in [0.1, 0.15) is 5.75 Å². The van der Waals surface area contributed by atoms with Crippen molar-refractivity contribution in [2.24, 2.45) is 0 Å². The monoisotopic (exact) mass is 549 g/mol. The molecule has 0 aliphatic carbocycles. The Balaban J connectivity index is 1.86. The number of anilines is 1. The third kappa shape index (κ3) is 9.23. The van der Waals surface area contributed by atoms with Crippen molar-refractivity contribution in [1.29, 1.82) is 0 Å². The molecular formula is C30H35N3O7. The molecule has 0 fully saturated rings. The van der Waals surface area contributed by atoms with Gasteiger partial charge < -0.3 is 35.3 Å². The first-order valence-electron chi connectivity index (χ1n) is 12.9. The third-order valence-electron chi connectivity index (χ3n) is 5.51. The third-order valence-corrected chi connectivity index (χ3v) is 5.51. The second-order valence-electron chi connectivity index (χ2n) is 9.21. The highest BCUT2D eigenvalue weighted by molar-refractivity contribution is 5.88. The standard InChI is InChI=1S/C30H35N3O7/c1-5-38-27-16-23(11-14-26(27)39-19(2)3)28(40-25-12-9-21(10-13-25)17-32-30(36)37)29(35)31-18-22-7-6-8-24(15-22)33-20(4)34/h6-16,19,28,32H,5,17-18H2,1-4H3,(H,31,35)(H,33,34)(H,36,37). The largest absolute Gasteiger partial charge is 0.490 e. The summed E-state index contributed by atoms with van der Waals surface area (Å²) >= 11 is 0. The molecule has 3 aromatic carbocycles. The van der Waals surface area contributed by atoms with E-state index in [-0.39, 0.29) is 31.0 Å². The number of carbonyl (C=O) groups excluding carboxylic acids is 2. The SMILES string of the molecule is CCOc1cc(C(Oc2ccc(CNC(=O)O)cc2)C(=O)NCc2cccc(NC(C)=O)c2)ccc1OC(C)C. The minimum absolute atomic E-state index is 0.0669. The lowest BCUT2D eigenvalue weighted by atomic mass is 10.1. The molecule has 212 valence electrons. The first-order chi connectivity index (χ1) is 19.1. The van der Waals surface area contributed by atoms with Crippen molar-refractivity contribution in [3.63, 3.8) is 0 Å². The molecule has 3 rings (SSSR count). The molecule has 0 saturated heterocycles. The van der Waals surface area contributed by atoms with Crippen LogP contribution < -0.4 is 30.2 Å². The molecule has 4 N–H and O–H groups in total. The van der Waals surface area contributed by atoms with Crippen molar-refractivity contribution in [3.8, 4) is 17.2 Å². The van der Waals surface area contributed by atoms with Crippen LogP contribution in [0.3, 0.4) is 0 Å². The number of carbonyl (C=O) groups is 3. The summed E-state index contributed by atoms with van der Waals surface area (Å²) in [5, 5.41) is 16.8. The fraction of sp³-hybridized carbons (Fsp3) is 0.300. The fourth-order valence-electron chi connectivity index (χ4n) is 3.82. The summed E-state index contributed by atoms with van der Waals surface area (Å²) in [4.78, 5) is 35.7. The Morgan fingerprint density at radius 2 is 1.57 bits per heavy atom. The number of hydrogen-bond donors (Lipinski definition) is 4. The van der Waals surface area contributed by atoms with Gasteiger partial charge in [-0.3, -0.25) is 9.59 Å². The van der Waals surface area contributed by atoms with E-state index in [0.717, 1.165) is 11.1 Å². The van der Waals surface area contributed by atoms with Gasteiger partial charge in [0, 0.05) is 31.3 Å². The van der Waals surface area contributed by atoms with Gasteiger partial charge in [-0.25, -0.2) is 4.79 Å². The molecule has 3 amide bonds. The fourth-order valence-corrected chi connectivity index (χ4v) is 3.82. The predicted octanol–water partition coefficient (Wildman–Crippen LogP) is 5.04.